The number of rotatable bonds is 8. The summed E-state index contributed by atoms with van der Waals surface area (Å²) in [5.74, 6) is 3.31. The predicted molar refractivity (Wildman–Crippen MR) is 144 cm³/mol. The topological polar surface area (TPSA) is 100.0 Å². The number of pyridine rings is 1. The number of nitrogens with zero attached hydrogens (tertiary/aromatic N) is 5. The van der Waals surface area contributed by atoms with Crippen LogP contribution in [0.5, 0.6) is 0 Å². The van der Waals surface area contributed by atoms with Gasteiger partial charge in [-0.2, -0.15) is 0 Å². The molecule has 0 bridgehead atoms. The second-order valence-electron chi connectivity index (χ2n) is 9.55. The Morgan fingerprint density at radius 1 is 1.32 bits per heavy atom. The average molecular weight is 598 g/mol. The number of amides is 1. The molecule has 2 aromatic heterocycles. The first kappa shape index (κ1) is 27.7. The van der Waals surface area contributed by atoms with Gasteiger partial charge in [0.1, 0.15) is 5.65 Å². The summed E-state index contributed by atoms with van der Waals surface area (Å²) in [6, 6.07) is 1.94. The molecule has 3 heterocycles. The molecule has 3 N–H and O–H groups in total. The lowest BCUT2D eigenvalue weighted by molar-refractivity contribution is -0.0936. The summed E-state index contributed by atoms with van der Waals surface area (Å²) in [5.41, 5.74) is 8.00. The van der Waals surface area contributed by atoms with Crippen LogP contribution < -0.4 is 5.73 Å². The standard InChI is InChI=1S/C25H31BrF2N6O2S/c1-32-20(9-7-5-3-2-4-6-8-17-13-25(27,28)14-17)21(19-12-18(26)15-30-22(19)32)23(35)33-10-11-34(16-33)37-24(29)31-36/h12,15,17,36H,2-5,7,9-11,13-14,16H2,1H3,(H2,29,31). The van der Waals surface area contributed by atoms with Crippen LogP contribution in [0.15, 0.2) is 21.9 Å². The fourth-order valence-electron chi connectivity index (χ4n) is 4.82. The van der Waals surface area contributed by atoms with E-state index < -0.39 is 5.92 Å². The minimum atomic E-state index is -2.51. The molecule has 200 valence electrons. The number of alkyl halides is 2. The van der Waals surface area contributed by atoms with Crippen molar-refractivity contribution in [2.45, 2.75) is 57.3 Å². The Morgan fingerprint density at radius 2 is 2.08 bits per heavy atom. The molecule has 0 radical (unpaired) electrons. The number of carbonyl (C=O) groups excluding carboxylic acids is 1. The van der Waals surface area contributed by atoms with Gasteiger partial charge < -0.3 is 20.4 Å². The molecule has 2 aromatic rings. The fourth-order valence-corrected chi connectivity index (χ4v) is 5.82. The summed E-state index contributed by atoms with van der Waals surface area (Å²) in [4.78, 5) is 20.0. The Hall–Kier alpha value is -2.36. The zero-order chi connectivity index (χ0) is 26.6. The van der Waals surface area contributed by atoms with Gasteiger partial charge in [0.2, 0.25) is 5.17 Å². The van der Waals surface area contributed by atoms with Gasteiger partial charge in [0, 0.05) is 79.0 Å². The van der Waals surface area contributed by atoms with Crippen LogP contribution in [-0.4, -0.2) is 60.7 Å². The summed E-state index contributed by atoms with van der Waals surface area (Å²) in [7, 11) is 1.94. The van der Waals surface area contributed by atoms with Crippen LogP contribution in [0.2, 0.25) is 0 Å². The first-order valence-electron chi connectivity index (χ1n) is 12.4. The van der Waals surface area contributed by atoms with Crippen molar-refractivity contribution in [2.75, 3.05) is 19.8 Å². The number of aryl methyl sites for hydroxylation is 1. The van der Waals surface area contributed by atoms with Crippen LogP contribution in [0, 0.1) is 17.8 Å². The number of fused-ring (bicyclic) bond motifs is 1. The molecule has 1 saturated heterocycles. The van der Waals surface area contributed by atoms with E-state index in [-0.39, 0.29) is 29.8 Å². The quantitative estimate of drug-likeness (QED) is 0.0851. The van der Waals surface area contributed by atoms with E-state index in [0.29, 0.717) is 25.3 Å². The predicted octanol–water partition coefficient (Wildman–Crippen LogP) is 4.94. The summed E-state index contributed by atoms with van der Waals surface area (Å²) in [6.45, 7) is 1.53. The molecule has 12 heteroatoms. The van der Waals surface area contributed by atoms with Gasteiger partial charge in [-0.15, -0.1) is 5.92 Å². The first-order chi connectivity index (χ1) is 17.7. The van der Waals surface area contributed by atoms with E-state index in [1.165, 1.54) is 0 Å². The monoisotopic (exact) mass is 596 g/mol. The third kappa shape index (κ3) is 6.75. The number of hydrogen-bond acceptors (Lipinski definition) is 6. The van der Waals surface area contributed by atoms with Crippen molar-refractivity contribution in [2.24, 2.45) is 23.9 Å². The van der Waals surface area contributed by atoms with E-state index in [2.05, 4.69) is 37.9 Å². The molecule has 37 heavy (non-hydrogen) atoms. The SMILES string of the molecule is Cn1c(CCCCCCC#CC2CC(F)(F)C2)c(C(=O)N2CCN(S/C(N)=N/O)C2)c2cc(Br)cnc21. The first-order valence-corrected chi connectivity index (χ1v) is 13.9. The molecule has 0 spiro atoms. The number of unbranched alkanes of at least 4 members (excludes halogenated alkanes) is 4. The van der Waals surface area contributed by atoms with E-state index in [1.807, 2.05) is 22.0 Å². The van der Waals surface area contributed by atoms with Crippen molar-refractivity contribution < 1.29 is 18.8 Å². The summed E-state index contributed by atoms with van der Waals surface area (Å²) in [6.07, 6.45) is 6.84. The Labute approximate surface area is 227 Å². The molecule has 1 aliphatic heterocycles. The van der Waals surface area contributed by atoms with Crippen molar-refractivity contribution in [3.8, 4) is 11.8 Å². The van der Waals surface area contributed by atoms with Gasteiger partial charge in [-0.05, 0) is 41.3 Å². The zero-order valence-electron chi connectivity index (χ0n) is 20.7. The van der Waals surface area contributed by atoms with Crippen LogP contribution in [0.25, 0.3) is 11.0 Å². The van der Waals surface area contributed by atoms with Gasteiger partial charge >= 0.3 is 0 Å². The molecule has 8 nitrogen and oxygen atoms in total. The Kier molecular flexibility index (Phi) is 8.98. The Bertz CT molecular complexity index is 1230. The Morgan fingerprint density at radius 3 is 2.81 bits per heavy atom. The van der Waals surface area contributed by atoms with E-state index in [4.69, 9.17) is 10.9 Å². The van der Waals surface area contributed by atoms with E-state index in [0.717, 1.165) is 71.7 Å². The lowest BCUT2D eigenvalue weighted by Gasteiger charge is -2.31. The van der Waals surface area contributed by atoms with Crippen molar-refractivity contribution >= 4 is 50.0 Å². The minimum Gasteiger partial charge on any atom is -0.409 e. The molecule has 4 rings (SSSR count). The minimum absolute atomic E-state index is 0.0313. The highest BCUT2D eigenvalue weighted by molar-refractivity contribution is 9.10. The van der Waals surface area contributed by atoms with Crippen LogP contribution in [-0.2, 0) is 13.5 Å². The van der Waals surface area contributed by atoms with Crippen LogP contribution in [0.1, 0.15) is 61.0 Å². The van der Waals surface area contributed by atoms with E-state index in [1.54, 1.807) is 11.1 Å². The molecule has 2 aliphatic rings. The maximum absolute atomic E-state index is 13.7. The molecular weight excluding hydrogens is 566 g/mol. The molecular formula is C25H31BrF2N6O2S. The normalized spacial score (nSPS) is 18.2. The molecule has 0 aromatic carbocycles. The summed E-state index contributed by atoms with van der Waals surface area (Å²) >= 11 is 4.61. The molecule has 1 aliphatic carbocycles. The number of halogens is 3. The lowest BCUT2D eigenvalue weighted by Crippen LogP contribution is -2.34. The van der Waals surface area contributed by atoms with Crippen molar-refractivity contribution in [3.63, 3.8) is 0 Å². The molecule has 0 atom stereocenters. The van der Waals surface area contributed by atoms with Crippen molar-refractivity contribution in [1.29, 1.82) is 0 Å². The van der Waals surface area contributed by atoms with Gasteiger partial charge in [0.05, 0.1) is 12.2 Å². The molecule has 1 amide bonds. The highest BCUT2D eigenvalue weighted by Crippen LogP contribution is 2.41. The molecule has 0 unspecified atom stereocenters. The van der Waals surface area contributed by atoms with Gasteiger partial charge in [0.15, 0.2) is 0 Å². The van der Waals surface area contributed by atoms with E-state index in [9.17, 15) is 13.6 Å². The number of hydrogen-bond donors (Lipinski definition) is 2. The fraction of sp³-hybridized carbons (Fsp3) is 0.560. The van der Waals surface area contributed by atoms with Crippen molar-refractivity contribution in [3.05, 3.63) is 28.0 Å². The van der Waals surface area contributed by atoms with Crippen molar-refractivity contribution in [1.82, 2.24) is 18.8 Å². The maximum Gasteiger partial charge on any atom is 0.257 e. The van der Waals surface area contributed by atoms with E-state index >= 15 is 0 Å². The van der Waals surface area contributed by atoms with Crippen LogP contribution >= 0.6 is 27.9 Å². The highest BCUT2D eigenvalue weighted by Gasteiger charge is 2.44. The number of aromatic nitrogens is 2. The maximum atomic E-state index is 13.7. The summed E-state index contributed by atoms with van der Waals surface area (Å²) in [5, 5.41) is 12.7. The third-order valence-corrected chi connectivity index (χ3v) is 8.00. The third-order valence-electron chi connectivity index (χ3n) is 6.75. The number of nitrogens with two attached hydrogens (primary N) is 1. The van der Waals surface area contributed by atoms with Gasteiger partial charge in [-0.3, -0.25) is 4.79 Å². The Balaban J connectivity index is 1.37. The van der Waals surface area contributed by atoms with Gasteiger partial charge in [0.25, 0.3) is 11.8 Å². The summed E-state index contributed by atoms with van der Waals surface area (Å²) < 4.78 is 30.5. The van der Waals surface area contributed by atoms with Crippen LogP contribution in [0.4, 0.5) is 8.78 Å². The van der Waals surface area contributed by atoms with Crippen LogP contribution in [0.3, 0.4) is 0 Å². The number of amidine groups is 1. The largest absolute Gasteiger partial charge is 0.409 e. The lowest BCUT2D eigenvalue weighted by atomic mass is 9.82. The number of oxime groups is 1. The molecule has 1 saturated carbocycles. The zero-order valence-corrected chi connectivity index (χ0v) is 23.1. The second kappa shape index (κ2) is 12.0. The van der Waals surface area contributed by atoms with Gasteiger partial charge in [-0.25, -0.2) is 18.1 Å². The number of carbonyl (C=O) groups is 1. The second-order valence-corrected chi connectivity index (χ2v) is 11.6. The average Bonchev–Trinajstić information content (AvgIpc) is 3.41. The highest BCUT2D eigenvalue weighted by atomic mass is 79.9. The smallest absolute Gasteiger partial charge is 0.257 e. The van der Waals surface area contributed by atoms with Gasteiger partial charge in [-0.1, -0.05) is 23.9 Å². The molecule has 2 fully saturated rings.